The lowest BCUT2D eigenvalue weighted by atomic mass is 10.2. The Bertz CT molecular complexity index is 580. The molecule has 7 nitrogen and oxygen atoms in total. The predicted molar refractivity (Wildman–Crippen MR) is 77.3 cm³/mol. The molecule has 2 aliphatic heterocycles. The van der Waals surface area contributed by atoms with E-state index >= 15 is 0 Å². The van der Waals surface area contributed by atoms with Gasteiger partial charge in [0.05, 0.1) is 19.3 Å². The van der Waals surface area contributed by atoms with Gasteiger partial charge in [-0.25, -0.2) is 8.42 Å². The highest BCUT2D eigenvalue weighted by atomic mass is 32.2. The lowest BCUT2D eigenvalue weighted by Gasteiger charge is -2.23. The Kier molecular flexibility index (Phi) is 4.30. The molecule has 1 aromatic heterocycles. The van der Waals surface area contributed by atoms with Gasteiger partial charge in [0.2, 0.25) is 10.0 Å². The van der Waals surface area contributed by atoms with Crippen LogP contribution in [0.1, 0.15) is 19.3 Å². The summed E-state index contributed by atoms with van der Waals surface area (Å²) in [7, 11) is -3.46. The molecule has 21 heavy (non-hydrogen) atoms. The summed E-state index contributed by atoms with van der Waals surface area (Å²) in [5, 5.41) is 12.9. The number of aliphatic hydroxyl groups excluding tert-OH is 1. The first-order valence-electron chi connectivity index (χ1n) is 7.49. The molecule has 8 heteroatoms. The normalized spacial score (nSPS) is 24.9. The average molecular weight is 314 g/mol. The number of hydrogen-bond acceptors (Lipinski definition) is 5. The van der Waals surface area contributed by atoms with Gasteiger partial charge in [-0.05, 0) is 32.4 Å². The molecule has 2 aliphatic rings. The SMILES string of the molecule is O=S(=O)(c1cnn(CCO)c1)N1CCC(N2CCCC2)C1. The predicted octanol–water partition coefficient (Wildman–Crippen LogP) is -0.266. The second-order valence-corrected chi connectivity index (χ2v) is 7.65. The number of nitrogens with zero attached hydrogens (tertiary/aromatic N) is 4. The molecule has 1 aromatic rings. The summed E-state index contributed by atoms with van der Waals surface area (Å²) < 4.78 is 28.2. The Hall–Kier alpha value is -0.960. The monoisotopic (exact) mass is 314 g/mol. The summed E-state index contributed by atoms with van der Waals surface area (Å²) in [4.78, 5) is 2.63. The van der Waals surface area contributed by atoms with Crippen molar-refractivity contribution in [3.8, 4) is 0 Å². The standard InChI is InChI=1S/C13H22N4O3S/c18-8-7-16-11-13(9-14-16)21(19,20)17-6-3-12(10-17)15-4-1-2-5-15/h9,11-12,18H,1-8,10H2. The highest BCUT2D eigenvalue weighted by Crippen LogP contribution is 2.25. The summed E-state index contributed by atoms with van der Waals surface area (Å²) in [5.41, 5.74) is 0. The molecule has 1 atom stereocenters. The van der Waals surface area contributed by atoms with Crippen LogP contribution in [0.4, 0.5) is 0 Å². The molecule has 0 bridgehead atoms. The Morgan fingerprint density at radius 3 is 2.76 bits per heavy atom. The van der Waals surface area contributed by atoms with E-state index in [2.05, 4.69) is 10.00 Å². The van der Waals surface area contributed by atoms with Crippen molar-refractivity contribution >= 4 is 10.0 Å². The van der Waals surface area contributed by atoms with Crippen molar-refractivity contribution in [2.45, 2.75) is 36.7 Å². The molecule has 3 heterocycles. The molecular formula is C13H22N4O3S. The molecule has 0 aliphatic carbocycles. The fourth-order valence-corrected chi connectivity index (χ4v) is 4.63. The Balaban J connectivity index is 1.70. The zero-order chi connectivity index (χ0) is 14.9. The summed E-state index contributed by atoms with van der Waals surface area (Å²) in [6, 6.07) is 0.356. The van der Waals surface area contributed by atoms with Crippen LogP contribution in [-0.2, 0) is 16.6 Å². The molecule has 0 radical (unpaired) electrons. The molecule has 2 fully saturated rings. The van der Waals surface area contributed by atoms with Gasteiger partial charge in [0.15, 0.2) is 0 Å². The van der Waals surface area contributed by atoms with Crippen LogP contribution in [-0.4, -0.2) is 71.3 Å². The van der Waals surface area contributed by atoms with Crippen molar-refractivity contribution in [1.29, 1.82) is 0 Å². The van der Waals surface area contributed by atoms with E-state index in [4.69, 9.17) is 5.11 Å². The molecule has 3 rings (SSSR count). The molecule has 0 amide bonds. The minimum absolute atomic E-state index is 0.0537. The fraction of sp³-hybridized carbons (Fsp3) is 0.769. The summed E-state index contributed by atoms with van der Waals surface area (Å²) in [5.74, 6) is 0. The largest absolute Gasteiger partial charge is 0.394 e. The maximum Gasteiger partial charge on any atom is 0.246 e. The highest BCUT2D eigenvalue weighted by molar-refractivity contribution is 7.89. The zero-order valence-electron chi connectivity index (χ0n) is 12.1. The quantitative estimate of drug-likeness (QED) is 0.810. The second-order valence-electron chi connectivity index (χ2n) is 5.71. The maximum absolute atomic E-state index is 12.6. The van der Waals surface area contributed by atoms with Crippen molar-refractivity contribution < 1.29 is 13.5 Å². The average Bonchev–Trinajstić information content (AvgIpc) is 3.20. The number of aromatic nitrogens is 2. The van der Waals surface area contributed by atoms with E-state index in [0.29, 0.717) is 25.7 Å². The number of rotatable bonds is 5. The van der Waals surface area contributed by atoms with Crippen molar-refractivity contribution in [2.24, 2.45) is 0 Å². The van der Waals surface area contributed by atoms with E-state index in [1.54, 1.807) is 4.31 Å². The lowest BCUT2D eigenvalue weighted by Crippen LogP contribution is -2.37. The van der Waals surface area contributed by atoms with Crippen LogP contribution in [0.5, 0.6) is 0 Å². The number of likely N-dealkylation sites (tertiary alicyclic amines) is 1. The molecule has 2 saturated heterocycles. The van der Waals surface area contributed by atoms with E-state index in [9.17, 15) is 8.42 Å². The van der Waals surface area contributed by atoms with Gasteiger partial charge in [0.1, 0.15) is 4.90 Å². The molecule has 1 N–H and O–H groups in total. The summed E-state index contributed by atoms with van der Waals surface area (Å²) >= 11 is 0. The van der Waals surface area contributed by atoms with Gasteiger partial charge < -0.3 is 5.11 Å². The Morgan fingerprint density at radius 2 is 2.05 bits per heavy atom. The van der Waals surface area contributed by atoms with Gasteiger partial charge in [-0.3, -0.25) is 9.58 Å². The van der Waals surface area contributed by atoms with Crippen molar-refractivity contribution in [3.05, 3.63) is 12.4 Å². The van der Waals surface area contributed by atoms with Gasteiger partial charge in [0.25, 0.3) is 0 Å². The Morgan fingerprint density at radius 1 is 1.29 bits per heavy atom. The fourth-order valence-electron chi connectivity index (χ4n) is 3.19. The highest BCUT2D eigenvalue weighted by Gasteiger charge is 2.36. The smallest absolute Gasteiger partial charge is 0.246 e. The van der Waals surface area contributed by atoms with Crippen molar-refractivity contribution in [1.82, 2.24) is 19.0 Å². The topological polar surface area (TPSA) is 78.7 Å². The molecular weight excluding hydrogens is 292 g/mol. The third-order valence-corrected chi connectivity index (χ3v) is 6.18. The van der Waals surface area contributed by atoms with Crippen LogP contribution in [0.25, 0.3) is 0 Å². The van der Waals surface area contributed by atoms with Gasteiger partial charge in [0, 0.05) is 25.3 Å². The van der Waals surface area contributed by atoms with E-state index in [1.165, 1.54) is 29.9 Å². The summed E-state index contributed by atoms with van der Waals surface area (Å²) in [6.45, 7) is 3.59. The minimum Gasteiger partial charge on any atom is -0.394 e. The zero-order valence-corrected chi connectivity index (χ0v) is 12.9. The van der Waals surface area contributed by atoms with E-state index in [0.717, 1.165) is 19.5 Å². The number of hydrogen-bond donors (Lipinski definition) is 1. The van der Waals surface area contributed by atoms with Gasteiger partial charge in [-0.2, -0.15) is 9.40 Å². The van der Waals surface area contributed by atoms with Crippen molar-refractivity contribution in [2.75, 3.05) is 32.8 Å². The van der Waals surface area contributed by atoms with Gasteiger partial charge in [-0.15, -0.1) is 0 Å². The van der Waals surface area contributed by atoms with Crippen molar-refractivity contribution in [3.63, 3.8) is 0 Å². The number of aliphatic hydroxyl groups is 1. The first-order chi connectivity index (χ1) is 10.1. The van der Waals surface area contributed by atoms with Gasteiger partial charge >= 0.3 is 0 Å². The van der Waals surface area contributed by atoms with E-state index in [1.807, 2.05) is 0 Å². The first-order valence-corrected chi connectivity index (χ1v) is 8.93. The van der Waals surface area contributed by atoms with Crippen LogP contribution in [0.2, 0.25) is 0 Å². The molecule has 0 aromatic carbocycles. The van der Waals surface area contributed by atoms with E-state index < -0.39 is 10.0 Å². The van der Waals surface area contributed by atoms with Crippen LogP contribution >= 0.6 is 0 Å². The molecule has 0 saturated carbocycles. The lowest BCUT2D eigenvalue weighted by molar-refractivity contribution is 0.251. The van der Waals surface area contributed by atoms with Crippen LogP contribution in [0.3, 0.4) is 0 Å². The molecule has 118 valence electrons. The third kappa shape index (κ3) is 2.98. The molecule has 0 spiro atoms. The molecule has 1 unspecified atom stereocenters. The van der Waals surface area contributed by atoms with Crippen LogP contribution < -0.4 is 0 Å². The summed E-state index contributed by atoms with van der Waals surface area (Å²) in [6.07, 6.45) is 6.21. The van der Waals surface area contributed by atoms with Crippen LogP contribution in [0.15, 0.2) is 17.3 Å². The van der Waals surface area contributed by atoms with E-state index in [-0.39, 0.29) is 11.5 Å². The maximum atomic E-state index is 12.6. The van der Waals surface area contributed by atoms with Crippen LogP contribution in [0, 0.1) is 0 Å². The number of sulfonamides is 1. The second kappa shape index (κ2) is 6.04. The Labute approximate surface area is 125 Å². The minimum atomic E-state index is -3.46. The third-order valence-electron chi connectivity index (χ3n) is 4.36. The van der Waals surface area contributed by atoms with Gasteiger partial charge in [-0.1, -0.05) is 0 Å². The first kappa shape index (κ1) is 15.0.